The van der Waals surface area contributed by atoms with Crippen LogP contribution in [0, 0.1) is 0 Å². The third-order valence-corrected chi connectivity index (χ3v) is 5.12. The molecule has 3 aromatic rings. The number of anilines is 1. The fourth-order valence-corrected chi connectivity index (χ4v) is 3.80. The van der Waals surface area contributed by atoms with E-state index in [9.17, 15) is 4.79 Å². The van der Waals surface area contributed by atoms with Crippen LogP contribution in [-0.2, 0) is 16.9 Å². The Hall–Kier alpha value is -2.95. The second-order valence-corrected chi connectivity index (χ2v) is 8.27. The first-order valence-electron chi connectivity index (χ1n) is 9.86. The van der Waals surface area contributed by atoms with Crippen molar-refractivity contribution in [1.82, 2.24) is 15.0 Å². The molecule has 2 aromatic carbocycles. The van der Waals surface area contributed by atoms with Crippen LogP contribution in [0.5, 0.6) is 0 Å². The lowest BCUT2D eigenvalue weighted by molar-refractivity contribution is -0.118. The van der Waals surface area contributed by atoms with E-state index in [-0.39, 0.29) is 11.4 Å². The molecule has 5 heteroatoms. The molecular formula is C23H26N4O. The normalized spacial score (nSPS) is 13.2. The minimum Gasteiger partial charge on any atom is -0.307 e. The summed E-state index contributed by atoms with van der Waals surface area (Å²) in [6, 6.07) is 16.3. The molecule has 4 rings (SSSR count). The zero-order chi connectivity index (χ0) is 19.9. The van der Waals surface area contributed by atoms with E-state index in [1.54, 1.807) is 0 Å². The summed E-state index contributed by atoms with van der Waals surface area (Å²) < 4.78 is 1.98. The quantitative estimate of drug-likeness (QED) is 0.633. The van der Waals surface area contributed by atoms with Gasteiger partial charge in [0.2, 0.25) is 5.91 Å². The highest BCUT2D eigenvalue weighted by Crippen LogP contribution is 2.42. The van der Waals surface area contributed by atoms with Crippen molar-refractivity contribution in [3.8, 4) is 22.5 Å². The maximum Gasteiger partial charge on any atom is 0.227 e. The van der Waals surface area contributed by atoms with Gasteiger partial charge < -0.3 is 4.90 Å². The maximum atomic E-state index is 13.1. The first-order valence-corrected chi connectivity index (χ1v) is 9.86. The third-order valence-electron chi connectivity index (χ3n) is 5.12. The zero-order valence-electron chi connectivity index (χ0n) is 16.9. The van der Waals surface area contributed by atoms with Crippen LogP contribution in [0.15, 0.2) is 48.5 Å². The summed E-state index contributed by atoms with van der Waals surface area (Å²) in [6.45, 7) is 8.94. The van der Waals surface area contributed by atoms with Crippen LogP contribution in [0.25, 0.3) is 22.5 Å². The number of carbonyl (C=O) groups is 1. The fraction of sp³-hybridized carbons (Fsp3) is 0.348. The summed E-state index contributed by atoms with van der Waals surface area (Å²) in [7, 11) is 0. The molecule has 0 N–H and O–H groups in total. The third kappa shape index (κ3) is 3.01. The van der Waals surface area contributed by atoms with Crippen molar-refractivity contribution < 1.29 is 4.79 Å². The molecule has 0 unspecified atom stereocenters. The number of nitrogens with zero attached hydrogens (tertiary/aromatic N) is 4. The first kappa shape index (κ1) is 18.4. The van der Waals surface area contributed by atoms with Crippen LogP contribution >= 0.6 is 0 Å². The van der Waals surface area contributed by atoms with Crippen LogP contribution in [0.3, 0.4) is 0 Å². The number of hydrogen-bond acceptors (Lipinski definition) is 3. The predicted octanol–water partition coefficient (Wildman–Crippen LogP) is 5.01. The Labute approximate surface area is 166 Å². The molecule has 0 spiro atoms. The predicted molar refractivity (Wildman–Crippen MR) is 112 cm³/mol. The molecule has 5 nitrogen and oxygen atoms in total. The smallest absolute Gasteiger partial charge is 0.227 e. The lowest BCUT2D eigenvalue weighted by Gasteiger charge is -2.30. The van der Waals surface area contributed by atoms with Crippen molar-refractivity contribution in [1.29, 1.82) is 0 Å². The highest BCUT2D eigenvalue weighted by Gasteiger charge is 2.31. The van der Waals surface area contributed by atoms with Crippen LogP contribution in [0.4, 0.5) is 5.69 Å². The van der Waals surface area contributed by atoms with E-state index in [0.29, 0.717) is 13.0 Å². The number of fused-ring (bicyclic) bond motifs is 5. The Kier molecular flexibility index (Phi) is 4.53. The van der Waals surface area contributed by atoms with Gasteiger partial charge in [-0.2, -0.15) is 0 Å². The van der Waals surface area contributed by atoms with Gasteiger partial charge in [0.15, 0.2) is 0 Å². The molecule has 144 valence electrons. The van der Waals surface area contributed by atoms with E-state index in [1.807, 2.05) is 46.8 Å². The van der Waals surface area contributed by atoms with Gasteiger partial charge in [-0.1, -0.05) is 54.6 Å². The first-order chi connectivity index (χ1) is 13.4. The SMILES string of the molecule is CCCC(=O)N1Cc2ccccc2-c2nnn(C(C)(C)C)c2-c2ccccc21. The second-order valence-electron chi connectivity index (χ2n) is 8.27. The fourth-order valence-electron chi connectivity index (χ4n) is 3.80. The van der Waals surface area contributed by atoms with E-state index < -0.39 is 0 Å². The molecule has 0 saturated carbocycles. The average Bonchev–Trinajstić information content (AvgIpc) is 3.10. The molecule has 1 aromatic heterocycles. The van der Waals surface area contributed by atoms with Gasteiger partial charge in [0.05, 0.1) is 23.5 Å². The van der Waals surface area contributed by atoms with Crippen molar-refractivity contribution >= 4 is 11.6 Å². The Morgan fingerprint density at radius 1 is 1.04 bits per heavy atom. The highest BCUT2D eigenvalue weighted by molar-refractivity contribution is 6.00. The van der Waals surface area contributed by atoms with E-state index in [4.69, 9.17) is 0 Å². The van der Waals surface area contributed by atoms with E-state index in [2.05, 4.69) is 49.3 Å². The van der Waals surface area contributed by atoms with Gasteiger partial charge in [0.1, 0.15) is 5.69 Å². The van der Waals surface area contributed by atoms with Crippen molar-refractivity contribution in [2.45, 2.75) is 52.6 Å². The van der Waals surface area contributed by atoms with E-state index in [0.717, 1.165) is 40.2 Å². The van der Waals surface area contributed by atoms with Crippen LogP contribution < -0.4 is 4.90 Å². The summed E-state index contributed by atoms with van der Waals surface area (Å²) in [5, 5.41) is 9.10. The van der Waals surface area contributed by atoms with Crippen LogP contribution in [0.2, 0.25) is 0 Å². The van der Waals surface area contributed by atoms with Gasteiger partial charge in [-0.05, 0) is 38.8 Å². The second kappa shape index (κ2) is 6.89. The molecule has 0 atom stereocenters. The number of carbonyl (C=O) groups excluding carboxylic acids is 1. The summed E-state index contributed by atoms with van der Waals surface area (Å²) in [5.41, 5.74) is 5.64. The Bertz CT molecular complexity index is 1030. The van der Waals surface area contributed by atoms with Gasteiger partial charge in [-0.25, -0.2) is 4.68 Å². The lowest BCUT2D eigenvalue weighted by atomic mass is 9.94. The molecule has 2 heterocycles. The van der Waals surface area contributed by atoms with Crippen molar-refractivity contribution in [3.05, 3.63) is 54.1 Å². The molecule has 1 aliphatic heterocycles. The Balaban J connectivity index is 2.06. The summed E-state index contributed by atoms with van der Waals surface area (Å²) in [5.74, 6) is 0.142. The number of hydrogen-bond donors (Lipinski definition) is 0. The van der Waals surface area contributed by atoms with Crippen LogP contribution in [0.1, 0.15) is 46.1 Å². The number of benzene rings is 2. The summed E-state index contributed by atoms with van der Waals surface area (Å²) in [4.78, 5) is 15.0. The Morgan fingerprint density at radius 2 is 1.71 bits per heavy atom. The number of amides is 1. The minimum absolute atomic E-state index is 0.142. The zero-order valence-corrected chi connectivity index (χ0v) is 16.9. The molecule has 1 amide bonds. The number of para-hydroxylation sites is 1. The monoisotopic (exact) mass is 374 g/mol. The summed E-state index contributed by atoms with van der Waals surface area (Å²) >= 11 is 0. The molecule has 0 fully saturated rings. The number of rotatable bonds is 2. The van der Waals surface area contributed by atoms with Crippen molar-refractivity contribution in [2.75, 3.05) is 4.90 Å². The molecule has 0 saturated heterocycles. The molecular weight excluding hydrogens is 348 g/mol. The van der Waals surface area contributed by atoms with Crippen molar-refractivity contribution in [3.63, 3.8) is 0 Å². The molecule has 0 aliphatic carbocycles. The van der Waals surface area contributed by atoms with Crippen molar-refractivity contribution in [2.24, 2.45) is 0 Å². The lowest BCUT2D eigenvalue weighted by Crippen LogP contribution is -2.32. The molecule has 1 aliphatic rings. The van der Waals surface area contributed by atoms with Gasteiger partial charge >= 0.3 is 0 Å². The average molecular weight is 374 g/mol. The van der Waals surface area contributed by atoms with E-state index >= 15 is 0 Å². The van der Waals surface area contributed by atoms with Gasteiger partial charge in [0, 0.05) is 17.5 Å². The Morgan fingerprint density at radius 3 is 2.43 bits per heavy atom. The molecule has 0 radical (unpaired) electrons. The standard InChI is InChI=1S/C23H26N4O/c1-5-10-20(28)26-15-16-11-6-7-12-17(16)21-22(18-13-8-9-14-19(18)26)27(25-24-21)23(2,3)4/h6-9,11-14H,5,10,15H2,1-4H3. The van der Waals surface area contributed by atoms with Gasteiger partial charge in [-0.15, -0.1) is 5.10 Å². The summed E-state index contributed by atoms with van der Waals surface area (Å²) in [6.07, 6.45) is 1.35. The highest BCUT2D eigenvalue weighted by atomic mass is 16.2. The van der Waals surface area contributed by atoms with Gasteiger partial charge in [-0.3, -0.25) is 4.79 Å². The van der Waals surface area contributed by atoms with Crippen LogP contribution in [-0.4, -0.2) is 20.9 Å². The number of aromatic nitrogens is 3. The maximum absolute atomic E-state index is 13.1. The topological polar surface area (TPSA) is 51.0 Å². The molecule has 28 heavy (non-hydrogen) atoms. The van der Waals surface area contributed by atoms with E-state index in [1.165, 1.54) is 0 Å². The largest absolute Gasteiger partial charge is 0.307 e. The minimum atomic E-state index is -0.236. The molecule has 0 bridgehead atoms. The van der Waals surface area contributed by atoms with Gasteiger partial charge in [0.25, 0.3) is 0 Å².